The van der Waals surface area contributed by atoms with Gasteiger partial charge in [0.1, 0.15) is 6.33 Å². The number of rotatable bonds is 6. The van der Waals surface area contributed by atoms with E-state index in [4.69, 9.17) is 0 Å². The van der Waals surface area contributed by atoms with Crippen LogP contribution >= 0.6 is 0 Å². The van der Waals surface area contributed by atoms with Crippen molar-refractivity contribution in [1.29, 1.82) is 0 Å². The van der Waals surface area contributed by atoms with Crippen LogP contribution in [0.3, 0.4) is 0 Å². The minimum atomic E-state index is -0.0697. The van der Waals surface area contributed by atoms with Gasteiger partial charge in [0.05, 0.1) is 11.0 Å². The molecular weight excluding hydrogens is 346 g/mol. The van der Waals surface area contributed by atoms with Crippen molar-refractivity contribution < 1.29 is 4.79 Å². The molecule has 0 saturated carbocycles. The third kappa shape index (κ3) is 3.81. The summed E-state index contributed by atoms with van der Waals surface area (Å²) in [6.45, 7) is 2.76. The number of fused-ring (bicyclic) bond motifs is 1. The van der Waals surface area contributed by atoms with E-state index in [2.05, 4.69) is 53.6 Å². The van der Waals surface area contributed by atoms with Crippen LogP contribution in [-0.2, 0) is 12.8 Å². The average molecular weight is 369 g/mol. The molecule has 1 heterocycles. The summed E-state index contributed by atoms with van der Waals surface area (Å²) in [5, 5.41) is 2.99. The van der Waals surface area contributed by atoms with Crippen LogP contribution in [-0.4, -0.2) is 22.0 Å². The molecule has 1 amide bonds. The molecule has 0 atom stereocenters. The lowest BCUT2D eigenvalue weighted by Crippen LogP contribution is -2.25. The van der Waals surface area contributed by atoms with Gasteiger partial charge in [-0.25, -0.2) is 4.98 Å². The summed E-state index contributed by atoms with van der Waals surface area (Å²) in [7, 11) is 0. The summed E-state index contributed by atoms with van der Waals surface area (Å²) in [4.78, 5) is 17.0. The number of carbonyl (C=O) groups is 1. The van der Waals surface area contributed by atoms with Crippen molar-refractivity contribution in [1.82, 2.24) is 14.9 Å². The van der Waals surface area contributed by atoms with Crippen molar-refractivity contribution in [2.75, 3.05) is 6.54 Å². The van der Waals surface area contributed by atoms with Crippen LogP contribution < -0.4 is 5.32 Å². The molecule has 1 N–H and O–H groups in total. The minimum absolute atomic E-state index is 0.0697. The van der Waals surface area contributed by atoms with Crippen molar-refractivity contribution in [3.8, 4) is 5.69 Å². The van der Waals surface area contributed by atoms with E-state index >= 15 is 0 Å². The number of aromatic nitrogens is 2. The zero-order valence-electron chi connectivity index (χ0n) is 15.9. The lowest BCUT2D eigenvalue weighted by atomic mass is 10.1. The molecule has 4 rings (SSSR count). The van der Waals surface area contributed by atoms with Crippen LogP contribution in [0.1, 0.15) is 28.4 Å². The van der Waals surface area contributed by atoms with E-state index in [1.54, 1.807) is 0 Å². The van der Waals surface area contributed by atoms with Crippen molar-refractivity contribution >= 4 is 16.9 Å². The molecule has 4 aromatic rings. The van der Waals surface area contributed by atoms with Gasteiger partial charge in [0, 0.05) is 17.8 Å². The molecule has 0 aliphatic rings. The molecule has 0 aliphatic heterocycles. The van der Waals surface area contributed by atoms with Gasteiger partial charge in [-0.05, 0) is 54.3 Å². The lowest BCUT2D eigenvalue weighted by molar-refractivity contribution is 0.0954. The fourth-order valence-corrected chi connectivity index (χ4v) is 3.32. The van der Waals surface area contributed by atoms with Crippen LogP contribution in [0.5, 0.6) is 0 Å². The van der Waals surface area contributed by atoms with E-state index in [1.165, 1.54) is 11.1 Å². The monoisotopic (exact) mass is 369 g/mol. The molecule has 4 heteroatoms. The van der Waals surface area contributed by atoms with Gasteiger partial charge in [-0.2, -0.15) is 0 Å². The van der Waals surface area contributed by atoms with Crippen LogP contribution in [0.2, 0.25) is 0 Å². The number of nitrogens with one attached hydrogen (secondary N) is 1. The average Bonchev–Trinajstić information content (AvgIpc) is 3.18. The minimum Gasteiger partial charge on any atom is -0.352 e. The number of hydrogen-bond acceptors (Lipinski definition) is 2. The number of imidazole rings is 1. The molecule has 1 aromatic heterocycles. The highest BCUT2D eigenvalue weighted by atomic mass is 16.1. The molecule has 28 heavy (non-hydrogen) atoms. The first-order valence-corrected chi connectivity index (χ1v) is 9.63. The van der Waals surface area contributed by atoms with Gasteiger partial charge in [0.25, 0.3) is 5.91 Å². The lowest BCUT2D eigenvalue weighted by Gasteiger charge is -2.07. The SMILES string of the molecule is CCc1ccc(-n2cnc3cc(C(=O)NCCc4ccccc4)ccc32)cc1. The van der Waals surface area contributed by atoms with E-state index < -0.39 is 0 Å². The molecule has 0 spiro atoms. The Kier molecular flexibility index (Phi) is 5.20. The van der Waals surface area contributed by atoms with E-state index in [9.17, 15) is 4.79 Å². The number of aryl methyl sites for hydroxylation is 1. The summed E-state index contributed by atoms with van der Waals surface area (Å²) in [6.07, 6.45) is 3.65. The summed E-state index contributed by atoms with van der Waals surface area (Å²) in [6, 6.07) is 24.3. The Morgan fingerprint density at radius 3 is 2.50 bits per heavy atom. The molecule has 4 nitrogen and oxygen atoms in total. The molecule has 0 aliphatic carbocycles. The third-order valence-corrected chi connectivity index (χ3v) is 4.97. The highest BCUT2D eigenvalue weighted by Gasteiger charge is 2.10. The molecule has 0 fully saturated rings. The molecule has 0 radical (unpaired) electrons. The predicted octanol–water partition coefficient (Wildman–Crippen LogP) is 4.56. The summed E-state index contributed by atoms with van der Waals surface area (Å²) >= 11 is 0. The first-order chi connectivity index (χ1) is 13.7. The first kappa shape index (κ1) is 18.0. The number of benzene rings is 3. The maximum Gasteiger partial charge on any atom is 0.251 e. The van der Waals surface area contributed by atoms with Crippen LogP contribution in [0.15, 0.2) is 79.1 Å². The smallest absolute Gasteiger partial charge is 0.251 e. The zero-order valence-corrected chi connectivity index (χ0v) is 15.9. The van der Waals surface area contributed by atoms with Crippen LogP contribution in [0.25, 0.3) is 16.7 Å². The Bertz CT molecular complexity index is 1080. The molecule has 0 unspecified atom stereocenters. The molecule has 0 saturated heterocycles. The Morgan fingerprint density at radius 1 is 0.964 bits per heavy atom. The zero-order chi connectivity index (χ0) is 19.3. The normalized spacial score (nSPS) is 10.9. The van der Waals surface area contributed by atoms with E-state index in [1.807, 2.05) is 47.3 Å². The second-order valence-corrected chi connectivity index (χ2v) is 6.83. The van der Waals surface area contributed by atoms with Gasteiger partial charge in [-0.3, -0.25) is 9.36 Å². The Balaban J connectivity index is 1.48. The maximum atomic E-state index is 12.5. The summed E-state index contributed by atoms with van der Waals surface area (Å²) < 4.78 is 2.05. The van der Waals surface area contributed by atoms with Gasteiger partial charge in [0.2, 0.25) is 0 Å². The highest BCUT2D eigenvalue weighted by Crippen LogP contribution is 2.20. The van der Waals surface area contributed by atoms with Gasteiger partial charge >= 0.3 is 0 Å². The fraction of sp³-hybridized carbons (Fsp3) is 0.167. The van der Waals surface area contributed by atoms with E-state index in [-0.39, 0.29) is 5.91 Å². The van der Waals surface area contributed by atoms with Crippen LogP contribution in [0.4, 0.5) is 0 Å². The van der Waals surface area contributed by atoms with E-state index in [0.717, 1.165) is 29.6 Å². The number of hydrogen-bond donors (Lipinski definition) is 1. The van der Waals surface area contributed by atoms with Crippen LogP contribution in [0, 0.1) is 0 Å². The molecular formula is C24H23N3O. The second-order valence-electron chi connectivity index (χ2n) is 6.83. The molecule has 3 aromatic carbocycles. The maximum absolute atomic E-state index is 12.5. The Morgan fingerprint density at radius 2 is 1.75 bits per heavy atom. The standard InChI is InChI=1S/C24H23N3O/c1-2-18-8-11-21(12-9-18)27-17-26-22-16-20(10-13-23(22)27)24(28)25-15-14-19-6-4-3-5-7-19/h3-13,16-17H,2,14-15H2,1H3,(H,25,28). The molecule has 0 bridgehead atoms. The molecule has 140 valence electrons. The highest BCUT2D eigenvalue weighted by molar-refractivity contribution is 5.97. The predicted molar refractivity (Wildman–Crippen MR) is 113 cm³/mol. The second kappa shape index (κ2) is 8.09. The number of amides is 1. The Hall–Kier alpha value is -3.40. The van der Waals surface area contributed by atoms with Crippen molar-refractivity contribution in [2.45, 2.75) is 19.8 Å². The van der Waals surface area contributed by atoms with Crippen molar-refractivity contribution in [3.63, 3.8) is 0 Å². The third-order valence-electron chi connectivity index (χ3n) is 4.97. The largest absolute Gasteiger partial charge is 0.352 e. The van der Waals surface area contributed by atoms with E-state index in [0.29, 0.717) is 12.1 Å². The van der Waals surface area contributed by atoms with Gasteiger partial charge in [0.15, 0.2) is 0 Å². The van der Waals surface area contributed by atoms with Crippen molar-refractivity contribution in [3.05, 3.63) is 95.8 Å². The summed E-state index contributed by atoms with van der Waals surface area (Å²) in [5.74, 6) is -0.0697. The number of nitrogens with zero attached hydrogens (tertiary/aromatic N) is 2. The van der Waals surface area contributed by atoms with Gasteiger partial charge in [-0.1, -0.05) is 49.4 Å². The topological polar surface area (TPSA) is 46.9 Å². The Labute approximate surface area is 164 Å². The van der Waals surface area contributed by atoms with Gasteiger partial charge in [-0.15, -0.1) is 0 Å². The number of carbonyl (C=O) groups excluding carboxylic acids is 1. The first-order valence-electron chi connectivity index (χ1n) is 9.63. The van der Waals surface area contributed by atoms with Crippen molar-refractivity contribution in [2.24, 2.45) is 0 Å². The fourth-order valence-electron chi connectivity index (χ4n) is 3.32. The quantitative estimate of drug-likeness (QED) is 0.541. The van der Waals surface area contributed by atoms with Gasteiger partial charge < -0.3 is 5.32 Å². The summed E-state index contributed by atoms with van der Waals surface area (Å²) in [5.41, 5.74) is 6.03.